The average molecular weight is 428 g/mol. The molecule has 0 heterocycles. The van der Waals surface area contributed by atoms with Crippen LogP contribution in [0, 0.1) is 12.7 Å². The molecule has 0 aliphatic rings. The summed E-state index contributed by atoms with van der Waals surface area (Å²) in [5.74, 6) is -0.857. The lowest BCUT2D eigenvalue weighted by molar-refractivity contribution is -0.114. The number of para-hydroxylation sites is 1. The molecule has 0 aliphatic heterocycles. The molecule has 0 aromatic heterocycles. The van der Waals surface area contributed by atoms with Gasteiger partial charge in [-0.15, -0.1) is 0 Å². The molecule has 156 valence electrons. The highest BCUT2D eigenvalue weighted by molar-refractivity contribution is 7.92. The summed E-state index contributed by atoms with van der Waals surface area (Å²) in [5.41, 5.74) is 1.12. The van der Waals surface area contributed by atoms with Crippen molar-refractivity contribution in [3.05, 3.63) is 84.2 Å². The second-order valence-corrected chi connectivity index (χ2v) is 8.42. The van der Waals surface area contributed by atoms with E-state index < -0.39 is 28.3 Å². The maximum atomic E-state index is 13.9. The molecule has 3 rings (SSSR count). The fraction of sp³-hybridized carbons (Fsp3) is 0.136. The summed E-state index contributed by atoms with van der Waals surface area (Å²) in [4.78, 5) is 12.7. The monoisotopic (exact) mass is 428 g/mol. The van der Waals surface area contributed by atoms with E-state index in [-0.39, 0.29) is 16.3 Å². The SMILES string of the molecule is COc1cccc(N(CC(=O)Nc2ccccc2F)S(=O)(=O)c2ccc(C)cc2)c1. The molecule has 0 saturated heterocycles. The van der Waals surface area contributed by atoms with Crippen LogP contribution in [0.25, 0.3) is 0 Å². The van der Waals surface area contributed by atoms with Crippen molar-refractivity contribution in [3.63, 3.8) is 0 Å². The number of nitrogens with one attached hydrogen (secondary N) is 1. The Labute approximate surface area is 175 Å². The highest BCUT2D eigenvalue weighted by atomic mass is 32.2. The smallest absolute Gasteiger partial charge is 0.264 e. The number of aryl methyl sites for hydroxylation is 1. The van der Waals surface area contributed by atoms with E-state index in [1.165, 1.54) is 43.5 Å². The van der Waals surface area contributed by atoms with E-state index in [2.05, 4.69) is 5.32 Å². The van der Waals surface area contributed by atoms with Crippen LogP contribution >= 0.6 is 0 Å². The lowest BCUT2D eigenvalue weighted by atomic mass is 10.2. The number of nitrogens with zero attached hydrogens (tertiary/aromatic N) is 1. The Balaban J connectivity index is 1.98. The number of hydrogen-bond acceptors (Lipinski definition) is 4. The topological polar surface area (TPSA) is 75.7 Å². The fourth-order valence-corrected chi connectivity index (χ4v) is 4.21. The fourth-order valence-electron chi connectivity index (χ4n) is 2.80. The van der Waals surface area contributed by atoms with Crippen LogP contribution in [-0.4, -0.2) is 28.0 Å². The number of amides is 1. The number of carbonyl (C=O) groups excluding carboxylic acids is 1. The third-order valence-corrected chi connectivity index (χ3v) is 6.17. The minimum atomic E-state index is -4.07. The summed E-state index contributed by atoms with van der Waals surface area (Å²) in [5, 5.41) is 2.42. The van der Waals surface area contributed by atoms with E-state index >= 15 is 0 Å². The number of ether oxygens (including phenoxy) is 1. The van der Waals surface area contributed by atoms with Gasteiger partial charge in [0.05, 0.1) is 23.4 Å². The molecule has 0 spiro atoms. The summed E-state index contributed by atoms with van der Waals surface area (Å²) in [6.45, 7) is 1.30. The van der Waals surface area contributed by atoms with Gasteiger partial charge >= 0.3 is 0 Å². The highest BCUT2D eigenvalue weighted by Crippen LogP contribution is 2.27. The van der Waals surface area contributed by atoms with Gasteiger partial charge in [-0.3, -0.25) is 9.10 Å². The molecule has 30 heavy (non-hydrogen) atoms. The number of sulfonamides is 1. The minimum Gasteiger partial charge on any atom is -0.497 e. The summed E-state index contributed by atoms with van der Waals surface area (Å²) < 4.78 is 46.7. The van der Waals surface area contributed by atoms with E-state index in [1.54, 1.807) is 36.4 Å². The van der Waals surface area contributed by atoms with E-state index in [0.717, 1.165) is 9.87 Å². The summed E-state index contributed by atoms with van der Waals surface area (Å²) in [6.07, 6.45) is 0. The molecule has 8 heteroatoms. The number of benzene rings is 3. The van der Waals surface area contributed by atoms with Gasteiger partial charge in [-0.05, 0) is 43.3 Å². The Kier molecular flexibility index (Phi) is 6.37. The first kappa shape index (κ1) is 21.3. The quantitative estimate of drug-likeness (QED) is 0.618. The number of hydrogen-bond donors (Lipinski definition) is 1. The van der Waals surface area contributed by atoms with E-state index in [1.807, 2.05) is 6.92 Å². The van der Waals surface area contributed by atoms with Crippen molar-refractivity contribution in [1.82, 2.24) is 0 Å². The Morgan fingerprint density at radius 2 is 1.73 bits per heavy atom. The molecule has 1 N–H and O–H groups in total. The van der Waals surface area contributed by atoms with Gasteiger partial charge < -0.3 is 10.1 Å². The van der Waals surface area contributed by atoms with Crippen LogP contribution in [0.2, 0.25) is 0 Å². The average Bonchev–Trinajstić information content (AvgIpc) is 2.74. The van der Waals surface area contributed by atoms with Crippen molar-refractivity contribution in [1.29, 1.82) is 0 Å². The molecular weight excluding hydrogens is 407 g/mol. The third-order valence-electron chi connectivity index (χ3n) is 4.39. The van der Waals surface area contributed by atoms with Gasteiger partial charge in [0.2, 0.25) is 5.91 Å². The zero-order valence-corrected chi connectivity index (χ0v) is 17.3. The Hall–Kier alpha value is -3.39. The second-order valence-electron chi connectivity index (χ2n) is 6.55. The van der Waals surface area contributed by atoms with Crippen molar-refractivity contribution < 1.29 is 22.3 Å². The van der Waals surface area contributed by atoms with Crippen LogP contribution in [0.4, 0.5) is 15.8 Å². The van der Waals surface area contributed by atoms with Crippen LogP contribution in [0.15, 0.2) is 77.7 Å². The van der Waals surface area contributed by atoms with Gasteiger partial charge in [0.15, 0.2) is 0 Å². The molecule has 1 amide bonds. The van der Waals surface area contributed by atoms with Gasteiger partial charge in [0, 0.05) is 6.07 Å². The van der Waals surface area contributed by atoms with Gasteiger partial charge in [-0.2, -0.15) is 0 Å². The predicted molar refractivity (Wildman–Crippen MR) is 114 cm³/mol. The maximum Gasteiger partial charge on any atom is 0.264 e. The van der Waals surface area contributed by atoms with Gasteiger partial charge in [-0.1, -0.05) is 35.9 Å². The Morgan fingerprint density at radius 3 is 2.40 bits per heavy atom. The van der Waals surface area contributed by atoms with Crippen molar-refractivity contribution in [2.45, 2.75) is 11.8 Å². The van der Waals surface area contributed by atoms with E-state index in [4.69, 9.17) is 4.74 Å². The molecule has 0 fully saturated rings. The van der Waals surface area contributed by atoms with Crippen LogP contribution in [0.5, 0.6) is 5.75 Å². The molecule has 0 bridgehead atoms. The largest absolute Gasteiger partial charge is 0.497 e. The molecule has 0 saturated carbocycles. The standard InChI is InChI=1S/C22H21FN2O4S/c1-16-10-12-19(13-11-16)30(27,28)25(17-6-5-7-18(14-17)29-2)15-22(26)24-21-9-4-3-8-20(21)23/h3-14H,15H2,1-2H3,(H,24,26). The van der Waals surface area contributed by atoms with Gasteiger partial charge in [0.25, 0.3) is 10.0 Å². The predicted octanol–water partition coefficient (Wildman–Crippen LogP) is 3.98. The molecule has 0 unspecified atom stereocenters. The zero-order valence-electron chi connectivity index (χ0n) is 16.5. The third kappa shape index (κ3) is 4.77. The molecule has 0 atom stereocenters. The first-order valence-corrected chi connectivity index (χ1v) is 10.5. The first-order chi connectivity index (χ1) is 14.3. The maximum absolute atomic E-state index is 13.9. The van der Waals surface area contributed by atoms with Crippen LogP contribution in [-0.2, 0) is 14.8 Å². The first-order valence-electron chi connectivity index (χ1n) is 9.09. The molecule has 0 aliphatic carbocycles. The normalized spacial score (nSPS) is 11.0. The lowest BCUT2D eigenvalue weighted by Gasteiger charge is -2.24. The van der Waals surface area contributed by atoms with Gasteiger partial charge in [-0.25, -0.2) is 12.8 Å². The Bertz CT molecular complexity index is 1150. The molecular formula is C22H21FN2O4S. The minimum absolute atomic E-state index is 0.0270. The molecule has 6 nitrogen and oxygen atoms in total. The van der Waals surface area contributed by atoms with E-state index in [9.17, 15) is 17.6 Å². The van der Waals surface area contributed by atoms with Crippen molar-refractivity contribution >= 4 is 27.3 Å². The van der Waals surface area contributed by atoms with Crippen LogP contribution < -0.4 is 14.4 Å². The molecule has 0 radical (unpaired) electrons. The molecule has 3 aromatic rings. The van der Waals surface area contributed by atoms with Crippen LogP contribution in [0.3, 0.4) is 0 Å². The number of anilines is 2. The highest BCUT2D eigenvalue weighted by Gasteiger charge is 2.27. The summed E-state index contributed by atoms with van der Waals surface area (Å²) in [7, 11) is -2.61. The van der Waals surface area contributed by atoms with Crippen molar-refractivity contribution in [2.75, 3.05) is 23.3 Å². The number of carbonyl (C=O) groups is 1. The summed E-state index contributed by atoms with van der Waals surface area (Å²) in [6, 6.07) is 18.4. The number of methoxy groups -OCH3 is 1. The van der Waals surface area contributed by atoms with Crippen LogP contribution in [0.1, 0.15) is 5.56 Å². The number of rotatable bonds is 7. The van der Waals surface area contributed by atoms with Crippen molar-refractivity contribution in [3.8, 4) is 5.75 Å². The zero-order chi connectivity index (χ0) is 21.7. The molecule has 3 aromatic carbocycles. The summed E-state index contributed by atoms with van der Waals surface area (Å²) >= 11 is 0. The van der Waals surface area contributed by atoms with Crippen molar-refractivity contribution in [2.24, 2.45) is 0 Å². The Morgan fingerprint density at radius 1 is 1.03 bits per heavy atom. The van der Waals surface area contributed by atoms with E-state index in [0.29, 0.717) is 5.75 Å². The van der Waals surface area contributed by atoms with Gasteiger partial charge in [0.1, 0.15) is 18.1 Å². The second kappa shape index (κ2) is 8.96. The lowest BCUT2D eigenvalue weighted by Crippen LogP contribution is -2.38. The number of halogens is 1.